The second-order valence-electron chi connectivity index (χ2n) is 8.46. The normalized spacial score (nSPS) is 17.6. The van der Waals surface area contributed by atoms with Crippen molar-refractivity contribution in [3.05, 3.63) is 24.3 Å². The molecule has 0 radical (unpaired) electrons. The van der Waals surface area contributed by atoms with Gasteiger partial charge in [0.2, 0.25) is 0 Å². The first-order valence-corrected chi connectivity index (χ1v) is 9.80. The van der Waals surface area contributed by atoms with Gasteiger partial charge in [-0.3, -0.25) is 0 Å². The number of rotatable bonds is 7. The summed E-state index contributed by atoms with van der Waals surface area (Å²) in [5.41, 5.74) is 7.84. The van der Waals surface area contributed by atoms with E-state index in [9.17, 15) is 0 Å². The summed E-state index contributed by atoms with van der Waals surface area (Å²) in [4.78, 5) is 4.70. The standard InChI is InChI=1S/C13H22N3.C8H19N/c1-16(2,3)13-8-9-15(10-13)12-6-4-11(14)5-7-12;1-4-5-6-7-8-9(2)3/h4-7,13H,8-10,14H2,1-3H3;4-8H2,1-3H3/q+1;. The van der Waals surface area contributed by atoms with Crippen molar-refractivity contribution in [2.24, 2.45) is 0 Å². The molecule has 2 N–H and O–H groups in total. The maximum Gasteiger partial charge on any atom is 0.108 e. The van der Waals surface area contributed by atoms with Crippen molar-refractivity contribution in [3.8, 4) is 0 Å². The number of nitrogens with two attached hydrogens (primary N) is 1. The minimum atomic E-state index is 0.734. The Morgan fingerprint density at radius 3 is 2.20 bits per heavy atom. The van der Waals surface area contributed by atoms with E-state index in [1.54, 1.807) is 0 Å². The quantitative estimate of drug-likeness (QED) is 0.463. The van der Waals surface area contributed by atoms with Crippen LogP contribution < -0.4 is 10.6 Å². The van der Waals surface area contributed by atoms with Crippen molar-refractivity contribution in [3.63, 3.8) is 0 Å². The average molecular weight is 350 g/mol. The molecule has 1 aliphatic heterocycles. The number of likely N-dealkylation sites (N-methyl/N-ethyl adjacent to an activating group) is 1. The van der Waals surface area contributed by atoms with E-state index in [2.05, 4.69) is 64.1 Å². The average Bonchev–Trinajstić information content (AvgIpc) is 3.03. The van der Waals surface area contributed by atoms with E-state index in [0.29, 0.717) is 0 Å². The Bertz CT molecular complexity index is 462. The van der Waals surface area contributed by atoms with Crippen LogP contribution in [0.15, 0.2) is 24.3 Å². The number of quaternary nitrogens is 1. The number of nitrogen functional groups attached to an aromatic ring is 1. The minimum absolute atomic E-state index is 0.734. The fourth-order valence-corrected chi connectivity index (χ4v) is 3.15. The third-order valence-corrected chi connectivity index (χ3v) is 4.98. The Morgan fingerprint density at radius 2 is 1.72 bits per heavy atom. The van der Waals surface area contributed by atoms with Gasteiger partial charge < -0.3 is 20.0 Å². The van der Waals surface area contributed by atoms with Crippen LogP contribution in [0.25, 0.3) is 0 Å². The van der Waals surface area contributed by atoms with Gasteiger partial charge in [-0.05, 0) is 51.3 Å². The summed E-state index contributed by atoms with van der Waals surface area (Å²) >= 11 is 0. The number of hydrogen-bond acceptors (Lipinski definition) is 3. The van der Waals surface area contributed by atoms with Gasteiger partial charge in [-0.25, -0.2) is 0 Å². The molecular formula is C21H41N4+. The number of benzene rings is 1. The molecule has 0 saturated carbocycles. The highest BCUT2D eigenvalue weighted by Crippen LogP contribution is 2.24. The highest BCUT2D eigenvalue weighted by atomic mass is 15.4. The molecule has 0 aliphatic carbocycles. The van der Waals surface area contributed by atoms with E-state index in [0.717, 1.165) is 29.3 Å². The van der Waals surface area contributed by atoms with E-state index in [4.69, 9.17) is 5.73 Å². The molecule has 1 saturated heterocycles. The molecule has 144 valence electrons. The molecule has 2 rings (SSSR count). The topological polar surface area (TPSA) is 32.5 Å². The fourth-order valence-electron chi connectivity index (χ4n) is 3.15. The SMILES string of the molecule is CCCCCCN(C)C.C[N+](C)(C)C1CCN(c2ccc(N)cc2)C1. The van der Waals surface area contributed by atoms with Gasteiger partial charge in [-0.15, -0.1) is 0 Å². The van der Waals surface area contributed by atoms with Gasteiger partial charge in [-0.2, -0.15) is 0 Å². The van der Waals surface area contributed by atoms with Crippen LogP contribution in [0.1, 0.15) is 39.0 Å². The van der Waals surface area contributed by atoms with E-state index in [-0.39, 0.29) is 0 Å². The zero-order chi connectivity index (χ0) is 18.9. The molecule has 1 fully saturated rings. The molecular weight excluding hydrogens is 308 g/mol. The van der Waals surface area contributed by atoms with Gasteiger partial charge in [0.1, 0.15) is 6.04 Å². The lowest BCUT2D eigenvalue weighted by Gasteiger charge is -2.31. The second kappa shape index (κ2) is 10.7. The summed E-state index contributed by atoms with van der Waals surface area (Å²) in [6.07, 6.45) is 6.77. The highest BCUT2D eigenvalue weighted by Gasteiger charge is 2.32. The lowest BCUT2D eigenvalue weighted by atomic mass is 10.2. The number of anilines is 2. The summed E-state index contributed by atoms with van der Waals surface area (Å²) < 4.78 is 1.05. The van der Waals surface area contributed by atoms with Crippen molar-refractivity contribution >= 4 is 11.4 Å². The highest BCUT2D eigenvalue weighted by molar-refractivity contribution is 5.53. The van der Waals surface area contributed by atoms with Crippen molar-refractivity contribution in [1.82, 2.24) is 4.90 Å². The summed E-state index contributed by atoms with van der Waals surface area (Å²) in [6.45, 7) is 5.80. The van der Waals surface area contributed by atoms with Crippen molar-refractivity contribution in [1.29, 1.82) is 0 Å². The maximum absolute atomic E-state index is 5.70. The smallest absolute Gasteiger partial charge is 0.108 e. The molecule has 1 atom stereocenters. The van der Waals surface area contributed by atoms with Gasteiger partial charge >= 0.3 is 0 Å². The summed E-state index contributed by atoms with van der Waals surface area (Å²) in [5.74, 6) is 0. The number of unbranched alkanes of at least 4 members (excludes halogenated alkanes) is 3. The van der Waals surface area contributed by atoms with Crippen LogP contribution in [0, 0.1) is 0 Å². The van der Waals surface area contributed by atoms with Crippen molar-refractivity contribution < 1.29 is 4.48 Å². The first kappa shape index (κ1) is 21.8. The Hall–Kier alpha value is -1.26. The first-order chi connectivity index (χ1) is 11.7. The molecule has 1 aromatic carbocycles. The van der Waals surface area contributed by atoms with Crippen LogP contribution in [0.5, 0.6) is 0 Å². The molecule has 25 heavy (non-hydrogen) atoms. The molecule has 4 heteroatoms. The van der Waals surface area contributed by atoms with Crippen LogP contribution in [-0.2, 0) is 0 Å². The molecule has 1 aromatic rings. The third-order valence-electron chi connectivity index (χ3n) is 4.98. The second-order valence-corrected chi connectivity index (χ2v) is 8.46. The monoisotopic (exact) mass is 349 g/mol. The van der Waals surface area contributed by atoms with Crippen LogP contribution >= 0.6 is 0 Å². The first-order valence-electron chi connectivity index (χ1n) is 9.80. The van der Waals surface area contributed by atoms with Crippen LogP contribution in [0.4, 0.5) is 11.4 Å². The lowest BCUT2D eigenvalue weighted by molar-refractivity contribution is -0.893. The Morgan fingerprint density at radius 1 is 1.08 bits per heavy atom. The predicted octanol–water partition coefficient (Wildman–Crippen LogP) is 3.68. The van der Waals surface area contributed by atoms with Crippen molar-refractivity contribution in [2.45, 2.75) is 45.1 Å². The number of nitrogens with zero attached hydrogens (tertiary/aromatic N) is 3. The Balaban J connectivity index is 0.000000299. The fraction of sp³-hybridized carbons (Fsp3) is 0.714. The molecule has 1 heterocycles. The summed E-state index contributed by atoms with van der Waals surface area (Å²) in [5, 5.41) is 0. The Kier molecular flexibility index (Phi) is 9.30. The van der Waals surface area contributed by atoms with Gasteiger partial charge in [0.25, 0.3) is 0 Å². The molecule has 0 bridgehead atoms. The maximum atomic E-state index is 5.70. The zero-order valence-electron chi connectivity index (χ0n) is 17.5. The molecule has 0 aromatic heterocycles. The van der Waals surface area contributed by atoms with Crippen LogP contribution in [0.3, 0.4) is 0 Å². The van der Waals surface area contributed by atoms with Gasteiger partial charge in [0.15, 0.2) is 0 Å². The molecule has 4 nitrogen and oxygen atoms in total. The molecule has 1 aliphatic rings. The van der Waals surface area contributed by atoms with Crippen LogP contribution in [0.2, 0.25) is 0 Å². The van der Waals surface area contributed by atoms with Crippen LogP contribution in [-0.4, -0.2) is 70.3 Å². The summed E-state index contributed by atoms with van der Waals surface area (Å²) in [6, 6.07) is 8.93. The van der Waals surface area contributed by atoms with E-state index < -0.39 is 0 Å². The molecule has 0 spiro atoms. The van der Waals surface area contributed by atoms with Crippen molar-refractivity contribution in [2.75, 3.05) is 65.5 Å². The number of hydrogen-bond donors (Lipinski definition) is 1. The van der Waals surface area contributed by atoms with Gasteiger partial charge in [-0.1, -0.05) is 26.2 Å². The van der Waals surface area contributed by atoms with E-state index in [1.165, 1.54) is 44.3 Å². The molecule has 0 amide bonds. The van der Waals surface area contributed by atoms with Gasteiger partial charge in [0, 0.05) is 24.3 Å². The Labute approximate surface area is 156 Å². The predicted molar refractivity (Wildman–Crippen MR) is 112 cm³/mol. The molecule has 1 unspecified atom stereocenters. The van der Waals surface area contributed by atoms with E-state index in [1.807, 2.05) is 12.1 Å². The van der Waals surface area contributed by atoms with Gasteiger partial charge in [0.05, 0.1) is 27.7 Å². The minimum Gasteiger partial charge on any atom is -0.399 e. The third kappa shape index (κ3) is 8.59. The largest absolute Gasteiger partial charge is 0.399 e. The van der Waals surface area contributed by atoms with E-state index >= 15 is 0 Å². The summed E-state index contributed by atoms with van der Waals surface area (Å²) in [7, 11) is 11.1. The lowest BCUT2D eigenvalue weighted by Crippen LogP contribution is -2.46. The zero-order valence-corrected chi connectivity index (χ0v) is 17.5.